The van der Waals surface area contributed by atoms with E-state index in [-0.39, 0.29) is 12.4 Å². The summed E-state index contributed by atoms with van der Waals surface area (Å²) in [5.74, 6) is 1.08. The van der Waals surface area contributed by atoms with Crippen molar-refractivity contribution in [2.45, 2.75) is 6.42 Å². The molecule has 0 aromatic rings. The molecule has 2 N–H and O–H groups in total. The first-order valence-corrected chi connectivity index (χ1v) is 5.96. The smallest absolute Gasteiger partial charge is 0.264 e. The largest absolute Gasteiger partial charge is 0.396 e. The summed E-state index contributed by atoms with van der Waals surface area (Å²) in [6.45, 7) is 0.108. The van der Waals surface area contributed by atoms with E-state index in [1.54, 1.807) is 0 Å². The van der Waals surface area contributed by atoms with Crippen LogP contribution in [0.5, 0.6) is 0 Å². The second-order valence-electron chi connectivity index (χ2n) is 1.98. The summed E-state index contributed by atoms with van der Waals surface area (Å²) in [7, 11) is -3.79. The number of hydrogen-bond donors (Lipinski definition) is 2. The fraction of sp³-hybridized carbons (Fsp3) is 1.00. The van der Waals surface area contributed by atoms with E-state index in [1.165, 1.54) is 11.8 Å². The van der Waals surface area contributed by atoms with Gasteiger partial charge in [0.25, 0.3) is 10.1 Å². The van der Waals surface area contributed by atoms with Gasteiger partial charge in [0.1, 0.15) is 0 Å². The van der Waals surface area contributed by atoms with Crippen LogP contribution in [0.15, 0.2) is 0 Å². The standard InChI is InChI=1S/C5H12O4S2/c6-2-4-10-3-1-5-11(7,8)9/h6H,1-5H2,(H,7,8,9). The fourth-order valence-electron chi connectivity index (χ4n) is 0.510. The van der Waals surface area contributed by atoms with Crippen LogP contribution in [0.1, 0.15) is 6.42 Å². The van der Waals surface area contributed by atoms with Gasteiger partial charge in [-0.2, -0.15) is 20.2 Å². The van der Waals surface area contributed by atoms with Gasteiger partial charge >= 0.3 is 0 Å². The van der Waals surface area contributed by atoms with Crippen molar-refractivity contribution in [3.8, 4) is 0 Å². The first kappa shape index (κ1) is 11.2. The molecule has 0 spiro atoms. The molecule has 0 aliphatic heterocycles. The number of rotatable bonds is 6. The highest BCUT2D eigenvalue weighted by molar-refractivity contribution is 7.99. The Morgan fingerprint density at radius 3 is 2.36 bits per heavy atom. The monoisotopic (exact) mass is 200 g/mol. The van der Waals surface area contributed by atoms with Crippen LogP contribution in [0.25, 0.3) is 0 Å². The molecule has 0 unspecified atom stereocenters. The Labute approximate surface area is 70.7 Å². The molecule has 0 aliphatic rings. The Morgan fingerprint density at radius 2 is 1.91 bits per heavy atom. The highest BCUT2D eigenvalue weighted by atomic mass is 32.2. The van der Waals surface area contributed by atoms with E-state index in [1.807, 2.05) is 0 Å². The average Bonchev–Trinajstić information content (AvgIpc) is 1.85. The molecule has 0 amide bonds. The molecule has 0 heterocycles. The molecule has 0 saturated carbocycles. The van der Waals surface area contributed by atoms with Crippen LogP contribution in [0, 0.1) is 0 Å². The quantitative estimate of drug-likeness (QED) is 0.466. The maximum atomic E-state index is 10.2. The van der Waals surface area contributed by atoms with Crippen LogP contribution in [0.3, 0.4) is 0 Å². The molecule has 0 atom stereocenters. The molecule has 4 nitrogen and oxygen atoms in total. The van der Waals surface area contributed by atoms with Crippen LogP contribution in [0.4, 0.5) is 0 Å². The van der Waals surface area contributed by atoms with Crippen molar-refractivity contribution in [3.05, 3.63) is 0 Å². The van der Waals surface area contributed by atoms with Gasteiger partial charge in [0, 0.05) is 5.75 Å². The van der Waals surface area contributed by atoms with Crippen molar-refractivity contribution >= 4 is 21.9 Å². The van der Waals surface area contributed by atoms with Crippen LogP contribution in [0.2, 0.25) is 0 Å². The molecule has 0 saturated heterocycles. The SMILES string of the molecule is O=S(=O)(O)CCCSCCO. The van der Waals surface area contributed by atoms with E-state index in [4.69, 9.17) is 9.66 Å². The Kier molecular flexibility index (Phi) is 5.93. The molecule has 0 aliphatic carbocycles. The highest BCUT2D eigenvalue weighted by Crippen LogP contribution is 2.02. The van der Waals surface area contributed by atoms with Crippen molar-refractivity contribution in [2.75, 3.05) is 23.9 Å². The number of aliphatic hydroxyl groups is 1. The molecule has 0 fully saturated rings. The van der Waals surface area contributed by atoms with Gasteiger partial charge in [0.05, 0.1) is 12.4 Å². The van der Waals surface area contributed by atoms with Crippen LogP contribution in [-0.4, -0.2) is 41.9 Å². The highest BCUT2D eigenvalue weighted by Gasteiger charge is 2.02. The van der Waals surface area contributed by atoms with Gasteiger partial charge in [0.2, 0.25) is 0 Å². The first-order chi connectivity index (χ1) is 5.06. The predicted molar refractivity (Wildman–Crippen MR) is 45.4 cm³/mol. The third-order valence-electron chi connectivity index (χ3n) is 0.927. The minimum atomic E-state index is -3.79. The Balaban J connectivity index is 3.16. The minimum Gasteiger partial charge on any atom is -0.396 e. The Bertz CT molecular complexity index is 175. The second-order valence-corrected chi connectivity index (χ2v) is 4.77. The van der Waals surface area contributed by atoms with Gasteiger partial charge < -0.3 is 5.11 Å². The molecule has 6 heteroatoms. The molecular formula is C5H12O4S2. The lowest BCUT2D eigenvalue weighted by Gasteiger charge is -1.96. The minimum absolute atomic E-state index is 0.108. The number of aliphatic hydroxyl groups excluding tert-OH is 1. The van der Waals surface area contributed by atoms with E-state index in [2.05, 4.69) is 0 Å². The lowest BCUT2D eigenvalue weighted by molar-refractivity contribution is 0.322. The first-order valence-electron chi connectivity index (χ1n) is 3.20. The number of thioether (sulfide) groups is 1. The zero-order valence-electron chi connectivity index (χ0n) is 6.06. The van der Waals surface area contributed by atoms with E-state index < -0.39 is 10.1 Å². The van der Waals surface area contributed by atoms with E-state index in [0.717, 1.165) is 0 Å². The van der Waals surface area contributed by atoms with Gasteiger partial charge in [-0.05, 0) is 12.2 Å². The third-order valence-corrected chi connectivity index (χ3v) is 2.78. The van der Waals surface area contributed by atoms with Crippen molar-refractivity contribution in [3.63, 3.8) is 0 Å². The molecule has 0 radical (unpaired) electrons. The summed E-state index contributed by atoms with van der Waals surface area (Å²) in [6, 6.07) is 0. The van der Waals surface area contributed by atoms with E-state index in [9.17, 15) is 8.42 Å². The Morgan fingerprint density at radius 1 is 1.27 bits per heavy atom. The second kappa shape index (κ2) is 5.82. The van der Waals surface area contributed by atoms with E-state index >= 15 is 0 Å². The molecule has 0 aromatic carbocycles. The molecular weight excluding hydrogens is 188 g/mol. The van der Waals surface area contributed by atoms with E-state index in [0.29, 0.717) is 17.9 Å². The summed E-state index contributed by atoms with van der Waals surface area (Å²) < 4.78 is 28.6. The predicted octanol–water partition coefficient (Wildman–Crippen LogP) is -0.0102. The summed E-state index contributed by atoms with van der Waals surface area (Å²) in [5, 5.41) is 8.34. The van der Waals surface area contributed by atoms with Crippen molar-refractivity contribution < 1.29 is 18.1 Å². The zero-order chi connectivity index (χ0) is 8.74. The normalized spacial score (nSPS) is 11.8. The maximum absolute atomic E-state index is 10.2. The van der Waals surface area contributed by atoms with Gasteiger partial charge in [-0.3, -0.25) is 4.55 Å². The summed E-state index contributed by atoms with van der Waals surface area (Å²) in [5.41, 5.74) is 0. The van der Waals surface area contributed by atoms with Crippen LogP contribution in [-0.2, 0) is 10.1 Å². The van der Waals surface area contributed by atoms with Crippen molar-refractivity contribution in [2.24, 2.45) is 0 Å². The van der Waals surface area contributed by atoms with Crippen LogP contribution >= 0.6 is 11.8 Å². The lowest BCUT2D eigenvalue weighted by atomic mass is 10.6. The topological polar surface area (TPSA) is 74.6 Å². The van der Waals surface area contributed by atoms with Gasteiger partial charge in [-0.15, -0.1) is 0 Å². The number of hydrogen-bond acceptors (Lipinski definition) is 4. The Hall–Kier alpha value is 0.220. The molecule has 0 bridgehead atoms. The fourth-order valence-corrected chi connectivity index (χ4v) is 1.88. The molecule has 0 rings (SSSR count). The molecule has 68 valence electrons. The third kappa shape index (κ3) is 10.2. The molecule has 0 aromatic heterocycles. The van der Waals surface area contributed by atoms with Crippen molar-refractivity contribution in [1.82, 2.24) is 0 Å². The summed E-state index contributed by atoms with van der Waals surface area (Å²) >= 11 is 1.47. The van der Waals surface area contributed by atoms with Crippen molar-refractivity contribution in [1.29, 1.82) is 0 Å². The molecule has 11 heavy (non-hydrogen) atoms. The van der Waals surface area contributed by atoms with Gasteiger partial charge in [-0.1, -0.05) is 0 Å². The average molecular weight is 200 g/mol. The van der Waals surface area contributed by atoms with Crippen LogP contribution < -0.4 is 0 Å². The maximum Gasteiger partial charge on any atom is 0.264 e. The summed E-state index contributed by atoms with van der Waals surface area (Å²) in [6.07, 6.45) is 0.434. The van der Waals surface area contributed by atoms with Gasteiger partial charge in [0.15, 0.2) is 0 Å². The summed E-state index contributed by atoms with van der Waals surface area (Å²) in [4.78, 5) is 0. The lowest BCUT2D eigenvalue weighted by Crippen LogP contribution is -2.04. The zero-order valence-corrected chi connectivity index (χ0v) is 7.70. The van der Waals surface area contributed by atoms with Gasteiger partial charge in [-0.25, -0.2) is 0 Å².